The minimum absolute atomic E-state index is 0.313. The molecule has 0 aromatic heterocycles. The number of hydrogen-bond acceptors (Lipinski definition) is 1. The Kier molecular flexibility index (Phi) is 3.62. The molecule has 0 amide bonds. The van der Waals surface area contributed by atoms with Gasteiger partial charge in [-0.2, -0.15) is 0 Å². The maximum absolute atomic E-state index is 5.78. The lowest BCUT2D eigenvalue weighted by Crippen LogP contribution is -2.61. The Balaban J connectivity index is 1.29. The second-order valence-corrected chi connectivity index (χ2v) is 9.35. The maximum atomic E-state index is 5.78. The molecule has 5 aliphatic carbocycles. The summed E-state index contributed by atoms with van der Waals surface area (Å²) < 4.78 is 0. The number of thiocarbonyl (C=S) groups is 1. The summed E-state index contributed by atoms with van der Waals surface area (Å²) in [5.74, 6) is 2.88. The quantitative estimate of drug-likeness (QED) is 0.775. The second-order valence-electron chi connectivity index (χ2n) is 8.94. The minimum Gasteiger partial charge on any atom is -0.357 e. The number of hydrogen-bond donors (Lipinski definition) is 2. The van der Waals surface area contributed by atoms with Gasteiger partial charge in [-0.25, -0.2) is 0 Å². The van der Waals surface area contributed by atoms with Crippen LogP contribution in [0, 0.1) is 17.8 Å². The highest BCUT2D eigenvalue weighted by molar-refractivity contribution is 7.80. The third kappa shape index (κ3) is 2.65. The molecule has 4 fully saturated rings. The van der Waals surface area contributed by atoms with E-state index in [1.54, 1.807) is 0 Å². The van der Waals surface area contributed by atoms with Crippen LogP contribution in [0.4, 0.5) is 0 Å². The molecule has 4 saturated carbocycles. The van der Waals surface area contributed by atoms with Gasteiger partial charge in [-0.15, -0.1) is 0 Å². The van der Waals surface area contributed by atoms with E-state index in [2.05, 4.69) is 34.9 Å². The van der Waals surface area contributed by atoms with Crippen LogP contribution in [0.25, 0.3) is 0 Å². The van der Waals surface area contributed by atoms with Crippen molar-refractivity contribution >= 4 is 17.3 Å². The fourth-order valence-electron chi connectivity index (χ4n) is 6.60. The normalized spacial score (nSPS) is 39.3. The minimum atomic E-state index is 0.313. The molecule has 0 unspecified atom stereocenters. The third-order valence-electron chi connectivity index (χ3n) is 7.09. The van der Waals surface area contributed by atoms with Crippen molar-refractivity contribution in [2.75, 3.05) is 0 Å². The van der Waals surface area contributed by atoms with Crippen molar-refractivity contribution in [2.24, 2.45) is 17.8 Å². The number of benzene rings is 1. The summed E-state index contributed by atoms with van der Waals surface area (Å²) in [4.78, 5) is 0. The molecule has 0 saturated heterocycles. The highest BCUT2D eigenvalue weighted by Crippen LogP contribution is 2.55. The summed E-state index contributed by atoms with van der Waals surface area (Å²) >= 11 is 5.78. The van der Waals surface area contributed by atoms with E-state index in [0.29, 0.717) is 11.6 Å². The third-order valence-corrected chi connectivity index (χ3v) is 7.31. The lowest BCUT2D eigenvalue weighted by atomic mass is 9.53. The smallest absolute Gasteiger partial charge is 0.167 e. The Morgan fingerprint density at radius 2 is 1.67 bits per heavy atom. The van der Waals surface area contributed by atoms with Gasteiger partial charge in [0, 0.05) is 5.54 Å². The zero-order chi connectivity index (χ0) is 16.1. The summed E-state index contributed by atoms with van der Waals surface area (Å²) in [7, 11) is 0. The first-order chi connectivity index (χ1) is 11.7. The highest BCUT2D eigenvalue weighted by Gasteiger charge is 2.51. The van der Waals surface area contributed by atoms with Crippen molar-refractivity contribution in [3.63, 3.8) is 0 Å². The molecule has 6 rings (SSSR count). The monoisotopic (exact) mass is 340 g/mol. The molecule has 2 N–H and O–H groups in total. The van der Waals surface area contributed by atoms with Crippen molar-refractivity contribution in [3.05, 3.63) is 35.4 Å². The lowest BCUT2D eigenvalue weighted by molar-refractivity contribution is -0.0102. The topological polar surface area (TPSA) is 24.1 Å². The molecule has 5 aliphatic rings. The number of nitrogens with one attached hydrogen (secondary N) is 2. The average Bonchev–Trinajstić information content (AvgIpc) is 2.53. The van der Waals surface area contributed by atoms with Crippen molar-refractivity contribution in [2.45, 2.75) is 69.4 Å². The van der Waals surface area contributed by atoms with Crippen LogP contribution < -0.4 is 10.6 Å². The van der Waals surface area contributed by atoms with E-state index in [-0.39, 0.29) is 0 Å². The summed E-state index contributed by atoms with van der Waals surface area (Å²) in [5, 5.41) is 8.39. The zero-order valence-electron chi connectivity index (χ0n) is 14.4. The molecule has 0 spiro atoms. The molecular weight excluding hydrogens is 312 g/mol. The van der Waals surface area contributed by atoms with Gasteiger partial charge in [-0.3, -0.25) is 0 Å². The van der Waals surface area contributed by atoms with E-state index < -0.39 is 0 Å². The van der Waals surface area contributed by atoms with Crippen molar-refractivity contribution < 1.29 is 0 Å². The van der Waals surface area contributed by atoms with Crippen LogP contribution in [0.15, 0.2) is 24.3 Å². The van der Waals surface area contributed by atoms with Gasteiger partial charge in [0.2, 0.25) is 0 Å². The van der Waals surface area contributed by atoms with Crippen LogP contribution in [0.2, 0.25) is 0 Å². The van der Waals surface area contributed by atoms with Crippen molar-refractivity contribution in [1.29, 1.82) is 0 Å². The van der Waals surface area contributed by atoms with Crippen LogP contribution >= 0.6 is 12.2 Å². The summed E-state index contributed by atoms with van der Waals surface area (Å²) in [5.41, 5.74) is 3.27. The van der Waals surface area contributed by atoms with Gasteiger partial charge in [0.15, 0.2) is 5.11 Å². The van der Waals surface area contributed by atoms with Crippen LogP contribution in [-0.2, 0) is 6.42 Å². The van der Waals surface area contributed by atoms with Crippen LogP contribution in [0.1, 0.15) is 68.5 Å². The summed E-state index contributed by atoms with van der Waals surface area (Å²) in [6.07, 6.45) is 12.2. The van der Waals surface area contributed by atoms with E-state index >= 15 is 0 Å². The molecule has 0 heterocycles. The van der Waals surface area contributed by atoms with E-state index in [0.717, 1.165) is 22.9 Å². The Labute approximate surface area is 150 Å². The van der Waals surface area contributed by atoms with Gasteiger partial charge in [-0.1, -0.05) is 24.3 Å². The van der Waals surface area contributed by atoms with Crippen LogP contribution in [-0.4, -0.2) is 10.7 Å². The second kappa shape index (κ2) is 5.72. The van der Waals surface area contributed by atoms with E-state index in [1.807, 2.05) is 0 Å². The summed E-state index contributed by atoms with van der Waals surface area (Å²) in [6.45, 7) is 0. The standard InChI is InChI=1S/C21H28N2S/c24-20(22-19-7-3-5-17-4-1-2-6-18(17)19)23-21-11-14-8-15(12-21)10-16(9-14)13-21/h1-2,4,6,14-16,19H,3,5,7-13H2,(H2,22,23,24)/t14?,15?,16?,19-,21?/m0/s1. The maximum Gasteiger partial charge on any atom is 0.167 e. The van der Waals surface area contributed by atoms with Crippen molar-refractivity contribution in [3.8, 4) is 0 Å². The van der Waals surface area contributed by atoms with Crippen molar-refractivity contribution in [1.82, 2.24) is 10.6 Å². The molecular formula is C21H28N2S. The fraction of sp³-hybridized carbons (Fsp3) is 0.667. The Morgan fingerprint density at radius 3 is 2.38 bits per heavy atom. The van der Waals surface area contributed by atoms with E-state index in [1.165, 1.54) is 68.9 Å². The largest absolute Gasteiger partial charge is 0.357 e. The lowest BCUT2D eigenvalue weighted by Gasteiger charge is -2.57. The Hall–Kier alpha value is -1.09. The molecule has 2 nitrogen and oxygen atoms in total. The van der Waals surface area contributed by atoms with Gasteiger partial charge in [0.25, 0.3) is 0 Å². The van der Waals surface area contributed by atoms with Gasteiger partial charge >= 0.3 is 0 Å². The van der Waals surface area contributed by atoms with Crippen LogP contribution in [0.5, 0.6) is 0 Å². The van der Waals surface area contributed by atoms with E-state index in [9.17, 15) is 0 Å². The first kappa shape index (κ1) is 15.2. The van der Waals surface area contributed by atoms with Gasteiger partial charge < -0.3 is 10.6 Å². The predicted molar refractivity (Wildman–Crippen MR) is 102 cm³/mol. The Bertz CT molecular complexity index is 618. The average molecular weight is 341 g/mol. The first-order valence-electron chi connectivity index (χ1n) is 9.86. The fourth-order valence-corrected chi connectivity index (χ4v) is 6.96. The number of fused-ring (bicyclic) bond motifs is 1. The van der Waals surface area contributed by atoms with Gasteiger partial charge in [0.1, 0.15) is 0 Å². The SMILES string of the molecule is S=C(N[C@H]1CCCc2ccccc21)NC12CC3CC(CC(C3)C1)C2. The molecule has 1 atom stereocenters. The molecule has 0 aliphatic heterocycles. The molecule has 128 valence electrons. The first-order valence-corrected chi connectivity index (χ1v) is 10.3. The van der Waals surface area contributed by atoms with Gasteiger partial charge in [-0.05, 0) is 98.9 Å². The molecule has 24 heavy (non-hydrogen) atoms. The zero-order valence-corrected chi connectivity index (χ0v) is 15.2. The molecule has 4 bridgehead atoms. The molecule has 1 aromatic carbocycles. The van der Waals surface area contributed by atoms with E-state index in [4.69, 9.17) is 12.2 Å². The van der Waals surface area contributed by atoms with Gasteiger partial charge in [0.05, 0.1) is 6.04 Å². The van der Waals surface area contributed by atoms with Crippen LogP contribution in [0.3, 0.4) is 0 Å². The molecule has 0 radical (unpaired) electrons. The molecule has 3 heteroatoms. The summed E-state index contributed by atoms with van der Waals surface area (Å²) in [6, 6.07) is 9.27. The number of aryl methyl sites for hydroxylation is 1. The number of rotatable bonds is 2. The highest BCUT2D eigenvalue weighted by atomic mass is 32.1. The Morgan fingerprint density at radius 1 is 1.00 bits per heavy atom. The predicted octanol–water partition coefficient (Wildman–Crippen LogP) is 4.50. The molecule has 1 aromatic rings.